The smallest absolute Gasteiger partial charge is 0.110 e. The van der Waals surface area contributed by atoms with E-state index in [9.17, 15) is 5.11 Å². The van der Waals surface area contributed by atoms with Gasteiger partial charge in [-0.15, -0.1) is 6.58 Å². The van der Waals surface area contributed by atoms with Crippen molar-refractivity contribution in [2.45, 2.75) is 50.9 Å². The van der Waals surface area contributed by atoms with Crippen molar-refractivity contribution in [2.75, 3.05) is 14.2 Å². The van der Waals surface area contributed by atoms with Gasteiger partial charge in [-0.25, -0.2) is 0 Å². The largest absolute Gasteiger partial charge is 0.387 e. The molecule has 1 N–H and O–H groups in total. The molecule has 0 fully saturated rings. The first-order valence-corrected chi connectivity index (χ1v) is 5.57. The maximum absolute atomic E-state index is 9.95. The van der Waals surface area contributed by atoms with Crippen molar-refractivity contribution >= 4 is 0 Å². The number of hydrogen-bond donors (Lipinski definition) is 1. The number of unbranched alkanes of at least 4 members (excludes halogenated alkanes) is 2. The summed E-state index contributed by atoms with van der Waals surface area (Å²) in [5.74, 6) is 0. The van der Waals surface area contributed by atoms with Crippen molar-refractivity contribution in [3.05, 3.63) is 12.7 Å². The summed E-state index contributed by atoms with van der Waals surface area (Å²) in [4.78, 5) is 0. The van der Waals surface area contributed by atoms with Gasteiger partial charge in [0.05, 0.1) is 6.10 Å². The molecule has 15 heavy (non-hydrogen) atoms. The number of rotatable bonds is 9. The van der Waals surface area contributed by atoms with Gasteiger partial charge in [-0.2, -0.15) is 0 Å². The van der Waals surface area contributed by atoms with Gasteiger partial charge in [0.1, 0.15) is 12.2 Å². The highest BCUT2D eigenvalue weighted by Gasteiger charge is 2.25. The van der Waals surface area contributed by atoms with Crippen molar-refractivity contribution in [3.8, 4) is 0 Å². The molecule has 3 nitrogen and oxygen atoms in total. The molecular formula is C12H24O3. The molecule has 0 radical (unpaired) electrons. The van der Waals surface area contributed by atoms with Gasteiger partial charge in [-0.3, -0.25) is 0 Å². The first-order chi connectivity index (χ1) is 7.21. The minimum atomic E-state index is -0.630. The van der Waals surface area contributed by atoms with Crippen LogP contribution in [0.4, 0.5) is 0 Å². The van der Waals surface area contributed by atoms with Crippen molar-refractivity contribution < 1.29 is 14.6 Å². The molecule has 0 aliphatic rings. The van der Waals surface area contributed by atoms with Crippen LogP contribution in [0.5, 0.6) is 0 Å². The summed E-state index contributed by atoms with van der Waals surface area (Å²) in [6.07, 6.45) is 4.72. The molecule has 3 atom stereocenters. The topological polar surface area (TPSA) is 38.7 Å². The molecule has 0 saturated heterocycles. The summed E-state index contributed by atoms with van der Waals surface area (Å²) in [6.45, 7) is 5.78. The van der Waals surface area contributed by atoms with Crippen LogP contribution in [0, 0.1) is 0 Å². The van der Waals surface area contributed by atoms with E-state index >= 15 is 0 Å². The van der Waals surface area contributed by atoms with Crippen LogP contribution >= 0.6 is 0 Å². The Labute approximate surface area is 93.1 Å². The summed E-state index contributed by atoms with van der Waals surface area (Å²) >= 11 is 0. The zero-order chi connectivity index (χ0) is 11.7. The van der Waals surface area contributed by atoms with E-state index in [0.29, 0.717) is 0 Å². The molecule has 0 aliphatic carbocycles. The number of aliphatic hydroxyl groups excluding tert-OH is 1. The number of aliphatic hydroxyl groups is 1. The highest BCUT2D eigenvalue weighted by atomic mass is 16.5. The first kappa shape index (κ1) is 14.6. The van der Waals surface area contributed by atoms with Crippen molar-refractivity contribution in [1.29, 1.82) is 0 Å². The van der Waals surface area contributed by atoms with Crippen LogP contribution in [0.25, 0.3) is 0 Å². The van der Waals surface area contributed by atoms with E-state index in [1.807, 2.05) is 0 Å². The Hall–Kier alpha value is -0.380. The average Bonchev–Trinajstić information content (AvgIpc) is 2.26. The lowest BCUT2D eigenvalue weighted by atomic mass is 10.0. The molecule has 90 valence electrons. The maximum atomic E-state index is 9.95. The fourth-order valence-corrected chi connectivity index (χ4v) is 1.61. The Kier molecular flexibility index (Phi) is 8.67. The normalized spacial score (nSPS) is 17.1. The van der Waals surface area contributed by atoms with Crippen molar-refractivity contribution in [1.82, 2.24) is 0 Å². The van der Waals surface area contributed by atoms with Gasteiger partial charge < -0.3 is 14.6 Å². The maximum Gasteiger partial charge on any atom is 0.110 e. The Morgan fingerprint density at radius 2 is 1.93 bits per heavy atom. The molecule has 0 aromatic carbocycles. The second-order valence-corrected chi connectivity index (χ2v) is 3.70. The third-order valence-corrected chi connectivity index (χ3v) is 2.62. The zero-order valence-electron chi connectivity index (χ0n) is 10.1. The highest BCUT2D eigenvalue weighted by Crippen LogP contribution is 2.14. The average molecular weight is 216 g/mol. The SMILES string of the molecule is C=C[C@@H](OC)[C@@H](O)[C@@H](CCCCC)OC. The van der Waals surface area contributed by atoms with E-state index in [0.717, 1.165) is 19.3 Å². The second kappa shape index (κ2) is 8.89. The predicted octanol–water partition coefficient (Wildman–Crippen LogP) is 2.14. The van der Waals surface area contributed by atoms with E-state index in [1.54, 1.807) is 20.3 Å². The van der Waals surface area contributed by atoms with Gasteiger partial charge in [0.2, 0.25) is 0 Å². The van der Waals surface area contributed by atoms with Gasteiger partial charge in [0.25, 0.3) is 0 Å². The Morgan fingerprint density at radius 3 is 2.33 bits per heavy atom. The minimum Gasteiger partial charge on any atom is -0.387 e. The monoisotopic (exact) mass is 216 g/mol. The van der Waals surface area contributed by atoms with Gasteiger partial charge >= 0.3 is 0 Å². The predicted molar refractivity (Wildman–Crippen MR) is 61.9 cm³/mol. The molecule has 0 heterocycles. The molecule has 0 unspecified atom stereocenters. The first-order valence-electron chi connectivity index (χ1n) is 5.57. The van der Waals surface area contributed by atoms with Gasteiger partial charge in [-0.05, 0) is 6.42 Å². The molecule has 0 spiro atoms. The highest BCUT2D eigenvalue weighted by molar-refractivity contribution is 4.89. The van der Waals surface area contributed by atoms with Crippen LogP contribution < -0.4 is 0 Å². The third-order valence-electron chi connectivity index (χ3n) is 2.62. The molecule has 0 aliphatic heterocycles. The summed E-state index contributed by atoms with van der Waals surface area (Å²) < 4.78 is 10.4. The second-order valence-electron chi connectivity index (χ2n) is 3.70. The number of hydrogen-bond acceptors (Lipinski definition) is 3. The molecule has 0 rings (SSSR count). The summed E-state index contributed by atoms with van der Waals surface area (Å²) in [7, 11) is 3.18. The van der Waals surface area contributed by atoms with Crippen LogP contribution in [0.3, 0.4) is 0 Å². The molecule has 3 heteroatoms. The van der Waals surface area contributed by atoms with Crippen LogP contribution in [0.1, 0.15) is 32.6 Å². The summed E-state index contributed by atoms with van der Waals surface area (Å²) in [6, 6.07) is 0. The summed E-state index contributed by atoms with van der Waals surface area (Å²) in [5, 5.41) is 9.95. The minimum absolute atomic E-state index is 0.167. The Balaban J connectivity index is 4.06. The van der Waals surface area contributed by atoms with E-state index < -0.39 is 6.10 Å². The van der Waals surface area contributed by atoms with Crippen LogP contribution in [-0.4, -0.2) is 37.6 Å². The van der Waals surface area contributed by atoms with Gasteiger partial charge in [-0.1, -0.05) is 32.3 Å². The summed E-state index contributed by atoms with van der Waals surface area (Å²) in [5.41, 5.74) is 0. The Bertz CT molecular complexity index is 159. The fourth-order valence-electron chi connectivity index (χ4n) is 1.61. The molecule has 0 bridgehead atoms. The van der Waals surface area contributed by atoms with Gasteiger partial charge in [0, 0.05) is 14.2 Å². The van der Waals surface area contributed by atoms with E-state index in [1.165, 1.54) is 6.42 Å². The molecule has 0 amide bonds. The lowest BCUT2D eigenvalue weighted by molar-refractivity contribution is -0.0753. The van der Waals surface area contributed by atoms with Gasteiger partial charge in [0.15, 0.2) is 0 Å². The standard InChI is InChI=1S/C12H24O3/c1-5-7-8-9-11(15-4)12(13)10(6-2)14-3/h6,10-13H,2,5,7-9H2,1,3-4H3/t10-,11-,12-/m1/s1. The van der Waals surface area contributed by atoms with Crippen molar-refractivity contribution in [2.24, 2.45) is 0 Å². The van der Waals surface area contributed by atoms with E-state index in [2.05, 4.69) is 13.5 Å². The van der Waals surface area contributed by atoms with Crippen molar-refractivity contribution in [3.63, 3.8) is 0 Å². The molecule has 0 saturated carbocycles. The lowest BCUT2D eigenvalue weighted by Crippen LogP contribution is -2.38. The molecule has 0 aromatic rings. The zero-order valence-corrected chi connectivity index (χ0v) is 10.1. The molecule has 0 aromatic heterocycles. The molecular weight excluding hydrogens is 192 g/mol. The van der Waals surface area contributed by atoms with E-state index in [-0.39, 0.29) is 12.2 Å². The third kappa shape index (κ3) is 5.30. The quantitative estimate of drug-likeness (QED) is 0.474. The number of methoxy groups -OCH3 is 2. The lowest BCUT2D eigenvalue weighted by Gasteiger charge is -2.26. The fraction of sp³-hybridized carbons (Fsp3) is 0.833. The van der Waals surface area contributed by atoms with Crippen LogP contribution in [0.2, 0.25) is 0 Å². The van der Waals surface area contributed by atoms with Crippen LogP contribution in [-0.2, 0) is 9.47 Å². The number of ether oxygens (including phenoxy) is 2. The Morgan fingerprint density at radius 1 is 1.27 bits per heavy atom. The van der Waals surface area contributed by atoms with E-state index in [4.69, 9.17) is 9.47 Å². The van der Waals surface area contributed by atoms with Crippen LogP contribution in [0.15, 0.2) is 12.7 Å².